The van der Waals surface area contributed by atoms with Crippen LogP contribution in [0.3, 0.4) is 0 Å². The van der Waals surface area contributed by atoms with E-state index in [1.165, 1.54) is 57.8 Å². The molecule has 0 unspecified atom stereocenters. The van der Waals surface area contributed by atoms with Gasteiger partial charge < -0.3 is 5.11 Å². The second-order valence-electron chi connectivity index (χ2n) is 9.49. The number of fused-ring (bicyclic) bond motifs is 3. The lowest BCUT2D eigenvalue weighted by Crippen LogP contribution is -2.57. The van der Waals surface area contributed by atoms with Crippen molar-refractivity contribution in [3.8, 4) is 0 Å². The number of hydrogen-bond donors (Lipinski definition) is 1. The van der Waals surface area contributed by atoms with Crippen LogP contribution in [0.1, 0.15) is 71.6 Å². The molecule has 0 aromatic heterocycles. The molecule has 4 fully saturated rings. The molecule has 1 spiro atoms. The van der Waals surface area contributed by atoms with Gasteiger partial charge in [-0.05, 0) is 85.4 Å². The fraction of sp³-hybridized carbons (Fsp3) is 0.900. The summed E-state index contributed by atoms with van der Waals surface area (Å²) in [6.07, 6.45) is 12.3. The zero-order valence-electron chi connectivity index (χ0n) is 14.0. The Morgan fingerprint density at radius 1 is 1.10 bits per heavy atom. The van der Waals surface area contributed by atoms with Gasteiger partial charge in [0.15, 0.2) is 0 Å². The van der Waals surface area contributed by atoms with E-state index in [-0.39, 0.29) is 5.41 Å². The Labute approximate surface area is 130 Å². The van der Waals surface area contributed by atoms with Crippen molar-refractivity contribution in [2.24, 2.45) is 34.0 Å². The molecular formula is C20H32O. The molecule has 21 heavy (non-hydrogen) atoms. The average molecular weight is 288 g/mol. The van der Waals surface area contributed by atoms with Crippen LogP contribution in [0.25, 0.3) is 0 Å². The summed E-state index contributed by atoms with van der Waals surface area (Å²) < 4.78 is 0. The number of rotatable bonds is 1. The van der Waals surface area contributed by atoms with Gasteiger partial charge in [-0.1, -0.05) is 32.4 Å². The Hall–Kier alpha value is -0.300. The van der Waals surface area contributed by atoms with E-state index in [1.807, 2.05) is 0 Å². The molecule has 0 saturated heterocycles. The zero-order chi connectivity index (χ0) is 14.9. The quantitative estimate of drug-likeness (QED) is 0.677. The van der Waals surface area contributed by atoms with E-state index in [4.69, 9.17) is 0 Å². The first-order valence-corrected chi connectivity index (χ1v) is 9.22. The predicted octanol–water partition coefficient (Wildman–Crippen LogP) is 4.95. The Morgan fingerprint density at radius 3 is 2.67 bits per heavy atom. The molecule has 4 saturated carbocycles. The summed E-state index contributed by atoms with van der Waals surface area (Å²) in [5.74, 6) is 2.48. The summed E-state index contributed by atoms with van der Waals surface area (Å²) in [5, 5.41) is 10.1. The van der Waals surface area contributed by atoms with Gasteiger partial charge in [-0.15, -0.1) is 0 Å². The van der Waals surface area contributed by atoms with Crippen molar-refractivity contribution in [3.63, 3.8) is 0 Å². The molecule has 2 bridgehead atoms. The van der Waals surface area contributed by atoms with E-state index in [1.54, 1.807) is 5.57 Å². The van der Waals surface area contributed by atoms with Crippen molar-refractivity contribution < 1.29 is 5.11 Å². The fourth-order valence-electron chi connectivity index (χ4n) is 7.68. The molecule has 0 amide bonds. The Bertz CT molecular complexity index is 468. The minimum atomic E-state index is 0.182. The monoisotopic (exact) mass is 288 g/mol. The van der Waals surface area contributed by atoms with Gasteiger partial charge in [0.2, 0.25) is 0 Å². The highest BCUT2D eigenvalue weighted by Gasteiger charge is 2.63. The third kappa shape index (κ3) is 1.73. The minimum Gasteiger partial charge on any atom is -0.396 e. The molecule has 6 atom stereocenters. The van der Waals surface area contributed by atoms with Crippen LogP contribution in [0.4, 0.5) is 0 Å². The SMILES string of the molecule is C=C1C[C@]23CC[C@H]4[C@@](C)(CO)CCC[C@]4(C)[C@H]2CC[C@H]1C3. The lowest BCUT2D eigenvalue weighted by atomic mass is 9.41. The fourth-order valence-corrected chi connectivity index (χ4v) is 7.68. The van der Waals surface area contributed by atoms with Crippen LogP contribution in [0.2, 0.25) is 0 Å². The second-order valence-corrected chi connectivity index (χ2v) is 9.49. The molecule has 0 radical (unpaired) electrons. The molecule has 4 aliphatic carbocycles. The van der Waals surface area contributed by atoms with Gasteiger partial charge in [0.05, 0.1) is 0 Å². The standard InChI is InChI=1S/C20H32O/c1-14-11-20-10-7-16-18(2,13-21)8-4-9-19(16,3)17(20)6-5-15(14)12-20/h15-17,21H,1,4-13H2,2-3H3/t15-,16-,17+,18+,19-,20-/m0/s1. The maximum atomic E-state index is 10.1. The largest absolute Gasteiger partial charge is 0.396 e. The maximum absolute atomic E-state index is 10.1. The van der Waals surface area contributed by atoms with Crippen LogP contribution < -0.4 is 0 Å². The van der Waals surface area contributed by atoms with Crippen molar-refractivity contribution in [2.45, 2.75) is 71.6 Å². The van der Waals surface area contributed by atoms with Gasteiger partial charge >= 0.3 is 0 Å². The highest BCUT2D eigenvalue weighted by Crippen LogP contribution is 2.72. The lowest BCUT2D eigenvalue weighted by Gasteiger charge is -2.64. The van der Waals surface area contributed by atoms with Gasteiger partial charge in [-0.3, -0.25) is 0 Å². The topological polar surface area (TPSA) is 20.2 Å². The Kier molecular flexibility index (Phi) is 2.98. The molecule has 0 heterocycles. The van der Waals surface area contributed by atoms with Gasteiger partial charge in [-0.2, -0.15) is 0 Å². The number of aliphatic hydroxyl groups is 1. The molecule has 118 valence electrons. The molecular weight excluding hydrogens is 256 g/mol. The van der Waals surface area contributed by atoms with Crippen molar-refractivity contribution in [1.29, 1.82) is 0 Å². The summed E-state index contributed by atoms with van der Waals surface area (Å²) in [6.45, 7) is 9.77. The van der Waals surface area contributed by atoms with Gasteiger partial charge in [0.25, 0.3) is 0 Å². The van der Waals surface area contributed by atoms with E-state index in [0.717, 1.165) is 17.8 Å². The van der Waals surface area contributed by atoms with Gasteiger partial charge in [0.1, 0.15) is 0 Å². The molecule has 1 nitrogen and oxygen atoms in total. The highest BCUT2D eigenvalue weighted by molar-refractivity contribution is 5.22. The summed E-state index contributed by atoms with van der Waals surface area (Å²) in [5.41, 5.74) is 2.82. The smallest absolute Gasteiger partial charge is 0.0487 e. The van der Waals surface area contributed by atoms with Crippen molar-refractivity contribution >= 4 is 0 Å². The summed E-state index contributed by atoms with van der Waals surface area (Å²) in [4.78, 5) is 0. The molecule has 0 aliphatic heterocycles. The van der Waals surface area contributed by atoms with E-state index in [0.29, 0.717) is 17.4 Å². The third-order valence-corrected chi connectivity index (χ3v) is 8.54. The molecule has 0 aromatic carbocycles. The van der Waals surface area contributed by atoms with Crippen molar-refractivity contribution in [2.75, 3.05) is 6.61 Å². The number of allylic oxidation sites excluding steroid dienone is 1. The number of hydrogen-bond acceptors (Lipinski definition) is 1. The van der Waals surface area contributed by atoms with E-state index >= 15 is 0 Å². The Morgan fingerprint density at radius 2 is 1.90 bits per heavy atom. The predicted molar refractivity (Wildman–Crippen MR) is 86.9 cm³/mol. The second kappa shape index (κ2) is 4.37. The molecule has 4 rings (SSSR count). The highest BCUT2D eigenvalue weighted by atomic mass is 16.3. The maximum Gasteiger partial charge on any atom is 0.0487 e. The average Bonchev–Trinajstić information content (AvgIpc) is 2.68. The van der Waals surface area contributed by atoms with Gasteiger partial charge in [0, 0.05) is 6.61 Å². The first-order valence-electron chi connectivity index (χ1n) is 9.22. The molecule has 4 aliphatic rings. The third-order valence-electron chi connectivity index (χ3n) is 8.54. The lowest BCUT2D eigenvalue weighted by molar-refractivity contribution is -0.158. The minimum absolute atomic E-state index is 0.182. The van der Waals surface area contributed by atoms with E-state index in [9.17, 15) is 5.11 Å². The van der Waals surface area contributed by atoms with Gasteiger partial charge in [-0.25, -0.2) is 0 Å². The summed E-state index contributed by atoms with van der Waals surface area (Å²) >= 11 is 0. The van der Waals surface area contributed by atoms with Crippen LogP contribution in [-0.2, 0) is 0 Å². The first kappa shape index (κ1) is 14.3. The van der Waals surface area contributed by atoms with Crippen LogP contribution in [0.5, 0.6) is 0 Å². The Balaban J connectivity index is 1.73. The van der Waals surface area contributed by atoms with Crippen LogP contribution >= 0.6 is 0 Å². The number of aliphatic hydroxyl groups excluding tert-OH is 1. The summed E-state index contributed by atoms with van der Waals surface area (Å²) in [6, 6.07) is 0. The van der Waals surface area contributed by atoms with Crippen LogP contribution in [0, 0.1) is 34.0 Å². The zero-order valence-corrected chi connectivity index (χ0v) is 14.0. The summed E-state index contributed by atoms with van der Waals surface area (Å²) in [7, 11) is 0. The van der Waals surface area contributed by atoms with Crippen molar-refractivity contribution in [3.05, 3.63) is 12.2 Å². The normalized spacial score (nSPS) is 56.0. The van der Waals surface area contributed by atoms with Crippen LogP contribution in [-0.4, -0.2) is 11.7 Å². The van der Waals surface area contributed by atoms with E-state index < -0.39 is 0 Å². The van der Waals surface area contributed by atoms with Crippen LogP contribution in [0.15, 0.2) is 12.2 Å². The molecule has 1 N–H and O–H groups in total. The first-order chi connectivity index (χ1) is 9.94. The molecule has 1 heteroatoms. The van der Waals surface area contributed by atoms with E-state index in [2.05, 4.69) is 20.4 Å². The molecule has 0 aromatic rings. The van der Waals surface area contributed by atoms with Crippen molar-refractivity contribution in [1.82, 2.24) is 0 Å².